The van der Waals surface area contributed by atoms with E-state index in [4.69, 9.17) is 28.4 Å². The van der Waals surface area contributed by atoms with Crippen molar-refractivity contribution in [1.82, 2.24) is 4.90 Å². The van der Waals surface area contributed by atoms with Gasteiger partial charge in [-0.1, -0.05) is 6.08 Å². The zero-order valence-corrected chi connectivity index (χ0v) is 25.5. The number of ether oxygens (including phenoxy) is 6. The number of phenolic OH excluding ortho intramolecular Hbond substituents is 1. The number of aliphatic hydroxyl groups excluding tert-OH is 7. The molecule has 0 spiro atoms. The molecular formula is C31H41NO15. The standard InChI is InChI=1S/C31H41NO15/c1-3-13-15-7-17-14-8-18(34)19(42-2)6-12(14)4-5-32(17)28(41)16(15)10-43-29(13)47-31-27(40)25(38)23(36)21(46-31)11-44-30-26(39)24(37)22(35)20(9-33)45-30/h3,6,8,10,13,15,17,20-27,29-31,33-40H,1,4-5,7,9,11H2,2H3/t13-,15-,17+,20+,21+,22+,23+,24-,25-,26+,27+,29-,30+,31-/m0/s1. The van der Waals surface area contributed by atoms with E-state index in [1.165, 1.54) is 13.4 Å². The van der Waals surface area contributed by atoms with E-state index in [1.54, 1.807) is 23.1 Å². The molecule has 0 saturated carbocycles. The first-order valence-corrected chi connectivity index (χ1v) is 15.4. The van der Waals surface area contributed by atoms with E-state index < -0.39 is 92.8 Å². The van der Waals surface area contributed by atoms with Crippen LogP contribution in [0.15, 0.2) is 36.6 Å². The van der Waals surface area contributed by atoms with E-state index in [-0.39, 0.29) is 17.7 Å². The number of aliphatic hydroxyl groups is 7. The van der Waals surface area contributed by atoms with E-state index in [0.717, 1.165) is 11.1 Å². The van der Waals surface area contributed by atoms with Crippen LogP contribution < -0.4 is 4.74 Å². The topological polar surface area (TPSA) is 238 Å². The first-order valence-electron chi connectivity index (χ1n) is 15.4. The Bertz CT molecular complexity index is 1360. The summed E-state index contributed by atoms with van der Waals surface area (Å²) in [4.78, 5) is 15.4. The second kappa shape index (κ2) is 13.6. The summed E-state index contributed by atoms with van der Waals surface area (Å²) in [5.41, 5.74) is 2.18. The molecule has 16 nitrogen and oxygen atoms in total. The highest BCUT2D eigenvalue weighted by molar-refractivity contribution is 5.95. The summed E-state index contributed by atoms with van der Waals surface area (Å²) in [7, 11) is 1.47. The number of carbonyl (C=O) groups is 1. The number of benzene rings is 1. The molecule has 1 amide bonds. The maximum absolute atomic E-state index is 13.7. The van der Waals surface area contributed by atoms with Crippen LogP contribution in [0.3, 0.4) is 0 Å². The molecule has 14 atom stereocenters. The van der Waals surface area contributed by atoms with Crippen molar-refractivity contribution in [1.29, 1.82) is 0 Å². The Morgan fingerprint density at radius 3 is 2.32 bits per heavy atom. The number of nitrogens with zero attached hydrogens (tertiary/aromatic N) is 1. The third kappa shape index (κ3) is 6.02. The molecule has 1 aromatic carbocycles. The van der Waals surface area contributed by atoms with Crippen LogP contribution in [0.25, 0.3) is 0 Å². The van der Waals surface area contributed by atoms with Crippen LogP contribution in [0.1, 0.15) is 23.6 Å². The highest BCUT2D eigenvalue weighted by Crippen LogP contribution is 2.49. The van der Waals surface area contributed by atoms with Crippen LogP contribution >= 0.6 is 0 Å². The van der Waals surface area contributed by atoms with Crippen molar-refractivity contribution in [2.45, 2.75) is 86.6 Å². The molecule has 8 N–H and O–H groups in total. The highest BCUT2D eigenvalue weighted by Gasteiger charge is 2.51. The fourth-order valence-electron chi connectivity index (χ4n) is 7.09. The predicted octanol–water partition coefficient (Wildman–Crippen LogP) is -2.47. The molecule has 3 fully saturated rings. The van der Waals surface area contributed by atoms with Gasteiger partial charge in [-0.25, -0.2) is 0 Å². The molecule has 6 rings (SSSR count). The Hall–Kier alpha value is -2.87. The van der Waals surface area contributed by atoms with Gasteiger partial charge < -0.3 is 74.2 Å². The minimum atomic E-state index is -1.76. The molecule has 0 aliphatic carbocycles. The van der Waals surface area contributed by atoms with E-state index in [1.807, 2.05) is 0 Å². The molecule has 0 unspecified atom stereocenters. The van der Waals surface area contributed by atoms with Gasteiger partial charge in [-0.05, 0) is 36.1 Å². The lowest BCUT2D eigenvalue weighted by Gasteiger charge is -2.49. The van der Waals surface area contributed by atoms with E-state index in [2.05, 4.69) is 6.58 Å². The molecule has 3 saturated heterocycles. The number of rotatable bonds is 8. The third-order valence-electron chi connectivity index (χ3n) is 9.77. The Morgan fingerprint density at radius 2 is 1.64 bits per heavy atom. The van der Waals surface area contributed by atoms with Gasteiger partial charge >= 0.3 is 0 Å². The Kier molecular flexibility index (Phi) is 9.81. The second-order valence-electron chi connectivity index (χ2n) is 12.4. The minimum absolute atomic E-state index is 0.0374. The molecule has 0 bridgehead atoms. The summed E-state index contributed by atoms with van der Waals surface area (Å²) in [5.74, 6) is -0.975. The number of carbonyl (C=O) groups excluding carboxylic acids is 1. The number of piperidine rings is 1. The normalized spacial score (nSPS) is 41.6. The summed E-state index contributed by atoms with van der Waals surface area (Å²) < 4.78 is 33.7. The van der Waals surface area contributed by atoms with Crippen LogP contribution in [0, 0.1) is 11.8 Å². The van der Waals surface area contributed by atoms with Crippen molar-refractivity contribution in [2.75, 3.05) is 26.9 Å². The SMILES string of the molecule is C=C[C@@H]1[C@H](O[C@@H]2O[C@H](CO[C@@H]3O[C@H](CO)[C@@H](O)[C@H](O)[C@H]3O)[C@@H](O)[C@H](O)[C@H]2O)OC=C2C(=O)N3CCc4cc(OC)c(O)cc4[C@H]3C[C@H]21. The van der Waals surface area contributed by atoms with Crippen LogP contribution in [-0.4, -0.2) is 146 Å². The van der Waals surface area contributed by atoms with Gasteiger partial charge in [0, 0.05) is 18.4 Å². The van der Waals surface area contributed by atoms with Crippen LogP contribution in [-0.2, 0) is 34.9 Å². The highest BCUT2D eigenvalue weighted by atomic mass is 16.8. The number of amides is 1. The summed E-state index contributed by atoms with van der Waals surface area (Å²) in [5, 5.41) is 82.3. The molecule has 47 heavy (non-hydrogen) atoms. The van der Waals surface area contributed by atoms with Crippen molar-refractivity contribution in [3.8, 4) is 11.5 Å². The monoisotopic (exact) mass is 667 g/mol. The fraction of sp³-hybridized carbons (Fsp3) is 0.645. The average Bonchev–Trinajstić information content (AvgIpc) is 3.07. The van der Waals surface area contributed by atoms with Crippen molar-refractivity contribution in [3.05, 3.63) is 47.7 Å². The zero-order chi connectivity index (χ0) is 33.7. The van der Waals surface area contributed by atoms with Crippen LogP contribution in [0.2, 0.25) is 0 Å². The number of phenols is 1. The van der Waals surface area contributed by atoms with E-state index >= 15 is 0 Å². The zero-order valence-electron chi connectivity index (χ0n) is 25.5. The average molecular weight is 668 g/mol. The Morgan fingerprint density at radius 1 is 0.957 bits per heavy atom. The number of hydrogen-bond donors (Lipinski definition) is 8. The van der Waals surface area contributed by atoms with Crippen molar-refractivity contribution < 1.29 is 74.1 Å². The summed E-state index contributed by atoms with van der Waals surface area (Å²) >= 11 is 0. The summed E-state index contributed by atoms with van der Waals surface area (Å²) in [6.45, 7) is 3.18. The van der Waals surface area contributed by atoms with Crippen molar-refractivity contribution in [3.63, 3.8) is 0 Å². The lowest BCUT2D eigenvalue weighted by Crippen LogP contribution is -2.62. The second-order valence-corrected chi connectivity index (χ2v) is 12.4. The number of hydrogen-bond acceptors (Lipinski definition) is 15. The molecule has 16 heteroatoms. The lowest BCUT2D eigenvalue weighted by molar-refractivity contribution is -0.352. The van der Waals surface area contributed by atoms with Crippen LogP contribution in [0.5, 0.6) is 11.5 Å². The van der Waals surface area contributed by atoms with Gasteiger partial charge in [0.2, 0.25) is 6.29 Å². The summed E-state index contributed by atoms with van der Waals surface area (Å²) in [6.07, 6.45) is -13.1. The van der Waals surface area contributed by atoms with E-state index in [9.17, 15) is 45.6 Å². The van der Waals surface area contributed by atoms with E-state index in [0.29, 0.717) is 30.7 Å². The van der Waals surface area contributed by atoms with Crippen molar-refractivity contribution in [2.24, 2.45) is 11.8 Å². The molecule has 1 aromatic rings. The molecule has 0 radical (unpaired) electrons. The van der Waals surface area contributed by atoms with Crippen LogP contribution in [0.4, 0.5) is 0 Å². The molecule has 260 valence electrons. The quantitative estimate of drug-likeness (QED) is 0.134. The maximum atomic E-state index is 13.7. The third-order valence-corrected chi connectivity index (χ3v) is 9.77. The lowest BCUT2D eigenvalue weighted by atomic mass is 9.73. The number of fused-ring (bicyclic) bond motifs is 4. The Balaban J connectivity index is 1.17. The largest absolute Gasteiger partial charge is 0.504 e. The molecule has 5 aliphatic heterocycles. The van der Waals surface area contributed by atoms with Gasteiger partial charge in [-0.2, -0.15) is 0 Å². The van der Waals surface area contributed by atoms with Gasteiger partial charge in [0.15, 0.2) is 24.1 Å². The maximum Gasteiger partial charge on any atom is 0.253 e. The molecule has 5 heterocycles. The van der Waals surface area contributed by atoms with Gasteiger partial charge in [-0.15, -0.1) is 6.58 Å². The van der Waals surface area contributed by atoms with Gasteiger partial charge in [-0.3, -0.25) is 4.79 Å². The molecule has 0 aromatic heterocycles. The molecular weight excluding hydrogens is 626 g/mol. The van der Waals surface area contributed by atoms with Gasteiger partial charge in [0.1, 0.15) is 48.8 Å². The Labute approximate surface area is 269 Å². The molecule has 5 aliphatic rings. The van der Waals surface area contributed by atoms with Gasteiger partial charge in [0.05, 0.1) is 38.2 Å². The number of aromatic hydroxyl groups is 1. The van der Waals surface area contributed by atoms with Crippen molar-refractivity contribution >= 4 is 5.91 Å². The minimum Gasteiger partial charge on any atom is -0.504 e. The van der Waals surface area contributed by atoms with Gasteiger partial charge in [0.25, 0.3) is 5.91 Å². The first kappa shape index (κ1) is 34.0. The predicted molar refractivity (Wildman–Crippen MR) is 155 cm³/mol. The fourth-order valence-corrected chi connectivity index (χ4v) is 7.09. The first-order chi connectivity index (χ1) is 22.5. The number of methoxy groups -OCH3 is 1. The smallest absolute Gasteiger partial charge is 0.253 e. The summed E-state index contributed by atoms with van der Waals surface area (Å²) in [6, 6.07) is 3.04.